The highest BCUT2D eigenvalue weighted by Crippen LogP contribution is 2.21. The first-order valence-electron chi connectivity index (χ1n) is 6.52. The SMILES string of the molecule is Cc1ccc(C)c(NC(=O)c2ccc([N+](=O)[O-])c(C)c2)c1. The molecule has 0 aliphatic heterocycles. The molecule has 0 aliphatic rings. The number of hydrogen-bond acceptors (Lipinski definition) is 3. The second kappa shape index (κ2) is 5.75. The van der Waals surface area contributed by atoms with Crippen LogP contribution in [-0.4, -0.2) is 10.8 Å². The average molecular weight is 284 g/mol. The van der Waals surface area contributed by atoms with Crippen LogP contribution in [0, 0.1) is 30.9 Å². The number of nitrogens with one attached hydrogen (secondary N) is 1. The molecule has 0 aliphatic carbocycles. The fourth-order valence-corrected chi connectivity index (χ4v) is 2.07. The molecule has 0 atom stereocenters. The van der Waals surface area contributed by atoms with E-state index in [1.165, 1.54) is 18.2 Å². The molecule has 108 valence electrons. The lowest BCUT2D eigenvalue weighted by Gasteiger charge is -2.10. The van der Waals surface area contributed by atoms with E-state index >= 15 is 0 Å². The van der Waals surface area contributed by atoms with Crippen molar-refractivity contribution in [3.63, 3.8) is 0 Å². The summed E-state index contributed by atoms with van der Waals surface area (Å²) < 4.78 is 0. The van der Waals surface area contributed by atoms with Gasteiger partial charge in [-0.1, -0.05) is 12.1 Å². The Morgan fingerprint density at radius 1 is 1.05 bits per heavy atom. The first-order chi connectivity index (χ1) is 9.88. The summed E-state index contributed by atoms with van der Waals surface area (Å²) in [5.41, 5.74) is 3.64. The van der Waals surface area contributed by atoms with Crippen LogP contribution in [0.1, 0.15) is 27.0 Å². The zero-order valence-electron chi connectivity index (χ0n) is 12.1. The molecule has 5 nitrogen and oxygen atoms in total. The van der Waals surface area contributed by atoms with Crippen molar-refractivity contribution in [1.82, 2.24) is 0 Å². The molecule has 0 radical (unpaired) electrons. The van der Waals surface area contributed by atoms with Crippen LogP contribution in [0.15, 0.2) is 36.4 Å². The molecule has 2 aromatic rings. The lowest BCUT2D eigenvalue weighted by molar-refractivity contribution is -0.385. The first-order valence-corrected chi connectivity index (χ1v) is 6.52. The van der Waals surface area contributed by atoms with Crippen LogP contribution in [0.25, 0.3) is 0 Å². The summed E-state index contributed by atoms with van der Waals surface area (Å²) in [6.45, 7) is 5.48. The molecule has 0 saturated heterocycles. The third-order valence-corrected chi connectivity index (χ3v) is 3.30. The van der Waals surface area contributed by atoms with Crippen molar-refractivity contribution in [1.29, 1.82) is 0 Å². The molecule has 0 spiro atoms. The highest BCUT2D eigenvalue weighted by atomic mass is 16.6. The molecule has 1 amide bonds. The Kier molecular flexibility index (Phi) is 4.03. The summed E-state index contributed by atoms with van der Waals surface area (Å²) >= 11 is 0. The summed E-state index contributed by atoms with van der Waals surface area (Å²) in [6, 6.07) is 10.1. The summed E-state index contributed by atoms with van der Waals surface area (Å²) in [7, 11) is 0. The van der Waals surface area contributed by atoms with Gasteiger partial charge in [-0.2, -0.15) is 0 Å². The van der Waals surface area contributed by atoms with Crippen molar-refractivity contribution >= 4 is 17.3 Å². The Morgan fingerprint density at radius 3 is 2.38 bits per heavy atom. The van der Waals surface area contributed by atoms with E-state index in [0.717, 1.165) is 16.8 Å². The van der Waals surface area contributed by atoms with Crippen LogP contribution in [0.3, 0.4) is 0 Å². The maximum absolute atomic E-state index is 12.2. The van der Waals surface area contributed by atoms with Gasteiger partial charge in [0.05, 0.1) is 4.92 Å². The van der Waals surface area contributed by atoms with Crippen molar-refractivity contribution in [2.45, 2.75) is 20.8 Å². The van der Waals surface area contributed by atoms with Crippen molar-refractivity contribution in [3.8, 4) is 0 Å². The van der Waals surface area contributed by atoms with E-state index in [9.17, 15) is 14.9 Å². The molecule has 1 N–H and O–H groups in total. The molecule has 2 rings (SSSR count). The topological polar surface area (TPSA) is 72.2 Å². The van der Waals surface area contributed by atoms with E-state index in [4.69, 9.17) is 0 Å². The number of anilines is 1. The number of benzene rings is 2. The Balaban J connectivity index is 2.26. The van der Waals surface area contributed by atoms with Crippen LogP contribution in [0.2, 0.25) is 0 Å². The fourth-order valence-electron chi connectivity index (χ4n) is 2.07. The Labute approximate surface area is 122 Å². The fraction of sp³-hybridized carbons (Fsp3) is 0.188. The Morgan fingerprint density at radius 2 is 1.76 bits per heavy atom. The molecule has 2 aromatic carbocycles. The highest BCUT2D eigenvalue weighted by molar-refractivity contribution is 6.05. The number of aryl methyl sites for hydroxylation is 3. The standard InChI is InChI=1S/C16H16N2O3/c1-10-4-5-11(2)14(8-10)17-16(19)13-6-7-15(18(20)21)12(3)9-13/h4-9H,1-3H3,(H,17,19). The third-order valence-electron chi connectivity index (χ3n) is 3.30. The molecule has 0 heterocycles. The van der Waals surface area contributed by atoms with Gasteiger partial charge in [0.1, 0.15) is 0 Å². The smallest absolute Gasteiger partial charge is 0.272 e. The van der Waals surface area contributed by atoms with Gasteiger partial charge in [-0.25, -0.2) is 0 Å². The highest BCUT2D eigenvalue weighted by Gasteiger charge is 2.14. The van der Waals surface area contributed by atoms with Crippen LogP contribution in [0.4, 0.5) is 11.4 Å². The number of nitro benzene ring substituents is 1. The van der Waals surface area contributed by atoms with E-state index in [2.05, 4.69) is 5.32 Å². The summed E-state index contributed by atoms with van der Waals surface area (Å²) in [4.78, 5) is 22.6. The number of rotatable bonds is 3. The molecular weight excluding hydrogens is 268 g/mol. The van der Waals surface area contributed by atoms with E-state index in [1.54, 1.807) is 6.92 Å². The van der Waals surface area contributed by atoms with Crippen LogP contribution in [-0.2, 0) is 0 Å². The number of carbonyl (C=O) groups is 1. The van der Waals surface area contributed by atoms with Crippen molar-refractivity contribution in [2.75, 3.05) is 5.32 Å². The summed E-state index contributed by atoms with van der Waals surface area (Å²) in [6.07, 6.45) is 0. The Hall–Kier alpha value is -2.69. The summed E-state index contributed by atoms with van der Waals surface area (Å²) in [5, 5.41) is 13.6. The monoisotopic (exact) mass is 284 g/mol. The minimum absolute atomic E-state index is 0.0123. The number of carbonyl (C=O) groups excluding carboxylic acids is 1. The number of hydrogen-bond donors (Lipinski definition) is 1. The zero-order valence-corrected chi connectivity index (χ0v) is 12.1. The van der Waals surface area contributed by atoms with Gasteiger partial charge >= 0.3 is 0 Å². The second-order valence-corrected chi connectivity index (χ2v) is 5.03. The Bertz CT molecular complexity index is 723. The number of nitrogens with zero attached hydrogens (tertiary/aromatic N) is 1. The quantitative estimate of drug-likeness (QED) is 0.688. The van der Waals surface area contributed by atoms with Crippen molar-refractivity contribution < 1.29 is 9.72 Å². The maximum Gasteiger partial charge on any atom is 0.272 e. The molecule has 21 heavy (non-hydrogen) atoms. The van der Waals surface area contributed by atoms with E-state index in [1.807, 2.05) is 32.0 Å². The maximum atomic E-state index is 12.2. The molecule has 5 heteroatoms. The second-order valence-electron chi connectivity index (χ2n) is 5.03. The van der Waals surface area contributed by atoms with Gasteiger partial charge in [-0.3, -0.25) is 14.9 Å². The predicted molar refractivity (Wildman–Crippen MR) is 81.7 cm³/mol. The minimum atomic E-state index is -0.457. The third kappa shape index (κ3) is 3.25. The van der Waals surface area contributed by atoms with Crippen LogP contribution >= 0.6 is 0 Å². The van der Waals surface area contributed by atoms with Crippen molar-refractivity contribution in [2.24, 2.45) is 0 Å². The van der Waals surface area contributed by atoms with E-state index in [0.29, 0.717) is 11.1 Å². The number of nitro groups is 1. The molecule has 0 unspecified atom stereocenters. The van der Waals surface area contributed by atoms with Gasteiger partial charge in [0, 0.05) is 22.9 Å². The van der Waals surface area contributed by atoms with Crippen molar-refractivity contribution in [3.05, 3.63) is 68.8 Å². The van der Waals surface area contributed by atoms with Crippen LogP contribution in [0.5, 0.6) is 0 Å². The van der Waals surface area contributed by atoms with Gasteiger partial charge in [0.15, 0.2) is 0 Å². The van der Waals surface area contributed by atoms with Gasteiger partial charge in [0.2, 0.25) is 0 Å². The first kappa shape index (κ1) is 14.7. The lowest BCUT2D eigenvalue weighted by Crippen LogP contribution is -2.13. The van der Waals surface area contributed by atoms with Gasteiger partial charge in [0.25, 0.3) is 11.6 Å². The largest absolute Gasteiger partial charge is 0.322 e. The van der Waals surface area contributed by atoms with Gasteiger partial charge in [-0.15, -0.1) is 0 Å². The molecule has 0 bridgehead atoms. The van der Waals surface area contributed by atoms with Gasteiger partial charge in [-0.05, 0) is 50.1 Å². The molecule has 0 saturated carbocycles. The predicted octanol–water partition coefficient (Wildman–Crippen LogP) is 3.77. The number of amides is 1. The molecule has 0 aromatic heterocycles. The lowest BCUT2D eigenvalue weighted by atomic mass is 10.1. The van der Waals surface area contributed by atoms with E-state index < -0.39 is 4.92 Å². The summed E-state index contributed by atoms with van der Waals surface area (Å²) in [5.74, 6) is -0.276. The minimum Gasteiger partial charge on any atom is -0.322 e. The van der Waals surface area contributed by atoms with Gasteiger partial charge < -0.3 is 5.32 Å². The average Bonchev–Trinajstić information content (AvgIpc) is 2.42. The molecule has 0 fully saturated rings. The normalized spacial score (nSPS) is 10.2. The van der Waals surface area contributed by atoms with E-state index in [-0.39, 0.29) is 11.6 Å². The zero-order chi connectivity index (χ0) is 15.6. The molecular formula is C16H16N2O3. The van der Waals surface area contributed by atoms with Crippen LogP contribution < -0.4 is 5.32 Å².